The van der Waals surface area contributed by atoms with Crippen molar-refractivity contribution in [3.05, 3.63) is 77.6 Å². The van der Waals surface area contributed by atoms with Gasteiger partial charge in [-0.05, 0) is 62.7 Å². The molecule has 1 fully saturated rings. The Morgan fingerprint density at radius 2 is 1.56 bits per heavy atom. The highest BCUT2D eigenvalue weighted by atomic mass is 19.1. The Morgan fingerprint density at radius 1 is 0.897 bits per heavy atom. The van der Waals surface area contributed by atoms with Crippen LogP contribution in [0.25, 0.3) is 11.3 Å². The van der Waals surface area contributed by atoms with Gasteiger partial charge in [-0.25, -0.2) is 9.18 Å². The molecule has 2 heterocycles. The van der Waals surface area contributed by atoms with Crippen molar-refractivity contribution in [2.45, 2.75) is 45.6 Å². The lowest BCUT2D eigenvalue weighted by Crippen LogP contribution is -2.51. The maximum absolute atomic E-state index is 13.3. The molecule has 0 bridgehead atoms. The second-order valence-electron chi connectivity index (χ2n) is 11.4. The molecule has 0 unspecified atom stereocenters. The molecular formula is C30H36FN5O3. The van der Waals surface area contributed by atoms with Gasteiger partial charge < -0.3 is 19.9 Å². The van der Waals surface area contributed by atoms with Gasteiger partial charge in [-0.1, -0.05) is 38.1 Å². The molecule has 0 spiro atoms. The molecule has 2 aromatic carbocycles. The molecule has 0 atom stereocenters. The zero-order chi connectivity index (χ0) is 28.2. The third-order valence-corrected chi connectivity index (χ3v) is 6.63. The van der Waals surface area contributed by atoms with E-state index in [-0.39, 0.29) is 23.2 Å². The van der Waals surface area contributed by atoms with E-state index in [0.29, 0.717) is 49.8 Å². The number of anilines is 1. The molecule has 39 heavy (non-hydrogen) atoms. The first-order valence-electron chi connectivity index (χ1n) is 13.1. The van der Waals surface area contributed by atoms with E-state index in [1.54, 1.807) is 28.0 Å². The molecule has 1 aliphatic rings. The third kappa shape index (κ3) is 7.31. The van der Waals surface area contributed by atoms with E-state index in [0.717, 1.165) is 11.1 Å². The minimum atomic E-state index is -0.553. The van der Waals surface area contributed by atoms with E-state index >= 15 is 0 Å². The summed E-state index contributed by atoms with van der Waals surface area (Å²) in [5.74, 6) is 0.287. The first-order chi connectivity index (χ1) is 18.4. The molecule has 206 valence electrons. The number of benzene rings is 2. The van der Waals surface area contributed by atoms with E-state index in [1.165, 1.54) is 12.1 Å². The number of halogens is 1. The predicted molar refractivity (Wildman–Crippen MR) is 149 cm³/mol. The summed E-state index contributed by atoms with van der Waals surface area (Å²) < 4.78 is 18.7. The van der Waals surface area contributed by atoms with Crippen LogP contribution in [-0.4, -0.2) is 70.3 Å². The van der Waals surface area contributed by atoms with Gasteiger partial charge in [-0.2, -0.15) is 0 Å². The number of nitrogens with zero attached hydrogens (tertiary/aromatic N) is 4. The van der Waals surface area contributed by atoms with Gasteiger partial charge in [0.15, 0.2) is 0 Å². The summed E-state index contributed by atoms with van der Waals surface area (Å²) in [6.07, 6.45) is -0.355. The summed E-state index contributed by atoms with van der Waals surface area (Å²) in [5.41, 5.74) is 2.24. The average molecular weight is 534 g/mol. The topological polar surface area (TPSA) is 87.7 Å². The largest absolute Gasteiger partial charge is 0.444 e. The van der Waals surface area contributed by atoms with Crippen molar-refractivity contribution < 1.29 is 18.7 Å². The van der Waals surface area contributed by atoms with Crippen molar-refractivity contribution in [3.63, 3.8) is 0 Å². The van der Waals surface area contributed by atoms with E-state index in [4.69, 9.17) is 4.74 Å². The highest BCUT2D eigenvalue weighted by molar-refractivity contribution is 5.95. The van der Waals surface area contributed by atoms with Gasteiger partial charge in [-0.3, -0.25) is 4.79 Å². The zero-order valence-corrected chi connectivity index (χ0v) is 23.2. The number of carbonyl (C=O) groups is 2. The quantitative estimate of drug-likeness (QED) is 0.459. The summed E-state index contributed by atoms with van der Waals surface area (Å²) in [5, 5.41) is 12.0. The number of piperazine rings is 1. The second-order valence-corrected chi connectivity index (χ2v) is 11.4. The highest BCUT2D eigenvalue weighted by Gasteiger charge is 2.28. The van der Waals surface area contributed by atoms with Crippen LogP contribution in [0.15, 0.2) is 60.7 Å². The molecule has 1 saturated heterocycles. The smallest absolute Gasteiger partial charge is 0.410 e. The molecule has 0 aliphatic carbocycles. The minimum absolute atomic E-state index is 0.0880. The molecule has 1 aliphatic heterocycles. The van der Waals surface area contributed by atoms with Crippen LogP contribution in [0.5, 0.6) is 0 Å². The lowest BCUT2D eigenvalue weighted by Gasteiger charge is -2.35. The summed E-state index contributed by atoms with van der Waals surface area (Å²) in [7, 11) is 0. The Kier molecular flexibility index (Phi) is 8.18. The van der Waals surface area contributed by atoms with Gasteiger partial charge in [0, 0.05) is 49.3 Å². The lowest BCUT2D eigenvalue weighted by molar-refractivity contribution is 0.0141. The van der Waals surface area contributed by atoms with Crippen molar-refractivity contribution in [2.24, 2.45) is 0 Å². The minimum Gasteiger partial charge on any atom is -0.444 e. The maximum atomic E-state index is 13.3. The van der Waals surface area contributed by atoms with Crippen molar-refractivity contribution in [2.75, 3.05) is 38.0 Å². The first kappa shape index (κ1) is 28.0. The summed E-state index contributed by atoms with van der Waals surface area (Å²) in [4.78, 5) is 28.9. The van der Waals surface area contributed by atoms with Crippen LogP contribution in [0.2, 0.25) is 0 Å². The number of nitrogens with one attached hydrogen (secondary N) is 1. The van der Waals surface area contributed by atoms with Crippen molar-refractivity contribution in [3.8, 4) is 11.3 Å². The van der Waals surface area contributed by atoms with Crippen LogP contribution in [0.4, 0.5) is 15.0 Å². The number of aromatic nitrogens is 2. The van der Waals surface area contributed by atoms with E-state index in [1.807, 2.05) is 51.1 Å². The van der Waals surface area contributed by atoms with Crippen LogP contribution >= 0.6 is 0 Å². The fraction of sp³-hybridized carbons (Fsp3) is 0.400. The van der Waals surface area contributed by atoms with Gasteiger partial charge in [0.25, 0.3) is 5.91 Å². The molecule has 8 nitrogen and oxygen atoms in total. The lowest BCUT2D eigenvalue weighted by atomic mass is 9.84. The van der Waals surface area contributed by atoms with Gasteiger partial charge in [0.2, 0.25) is 0 Å². The Labute approximate surface area is 229 Å². The normalized spacial score (nSPS) is 14.2. The van der Waals surface area contributed by atoms with Crippen molar-refractivity contribution in [1.29, 1.82) is 0 Å². The number of hydrogen-bond acceptors (Lipinski definition) is 6. The predicted octanol–water partition coefficient (Wildman–Crippen LogP) is 5.37. The SMILES string of the molecule is CC(C)(C)OC(=O)N1CCN(C(=O)c2cccc(-c3ccc(NCC(C)(C)c4ccc(F)cc4)nn3)c2)CC1. The highest BCUT2D eigenvalue weighted by Crippen LogP contribution is 2.25. The standard InChI is InChI=1S/C30H36FN5O3/c1-29(2,3)39-28(38)36-17-15-35(16-18-36)27(37)22-8-6-7-21(19-22)25-13-14-26(34-33-25)32-20-30(4,5)23-9-11-24(31)12-10-23/h6-14,19H,15-18,20H2,1-5H3,(H,32,34). The molecule has 9 heteroatoms. The van der Waals surface area contributed by atoms with E-state index < -0.39 is 5.60 Å². The molecular weight excluding hydrogens is 497 g/mol. The van der Waals surface area contributed by atoms with E-state index in [9.17, 15) is 14.0 Å². The average Bonchev–Trinajstić information content (AvgIpc) is 2.91. The van der Waals surface area contributed by atoms with Crippen LogP contribution in [-0.2, 0) is 10.2 Å². The second kappa shape index (κ2) is 11.4. The van der Waals surface area contributed by atoms with Crippen LogP contribution < -0.4 is 5.32 Å². The molecule has 2 amide bonds. The monoisotopic (exact) mass is 533 g/mol. The molecule has 0 radical (unpaired) electrons. The molecule has 0 saturated carbocycles. The van der Waals surface area contributed by atoms with Gasteiger partial charge in [0.1, 0.15) is 17.2 Å². The van der Waals surface area contributed by atoms with Crippen LogP contribution in [0, 0.1) is 5.82 Å². The Bertz CT molecular complexity index is 1300. The number of carbonyl (C=O) groups excluding carboxylic acids is 2. The maximum Gasteiger partial charge on any atom is 0.410 e. The first-order valence-corrected chi connectivity index (χ1v) is 13.1. The Hall–Kier alpha value is -4.01. The zero-order valence-electron chi connectivity index (χ0n) is 23.2. The Morgan fingerprint density at radius 3 is 2.18 bits per heavy atom. The fourth-order valence-electron chi connectivity index (χ4n) is 4.31. The van der Waals surface area contributed by atoms with Crippen LogP contribution in [0.3, 0.4) is 0 Å². The fourth-order valence-corrected chi connectivity index (χ4v) is 4.31. The summed E-state index contributed by atoms with van der Waals surface area (Å²) in [6, 6.07) is 17.6. The third-order valence-electron chi connectivity index (χ3n) is 6.63. The number of rotatable bonds is 6. The van der Waals surface area contributed by atoms with E-state index in [2.05, 4.69) is 29.4 Å². The molecule has 1 N–H and O–H groups in total. The summed E-state index contributed by atoms with van der Waals surface area (Å²) >= 11 is 0. The molecule has 4 rings (SSSR count). The number of ether oxygens (including phenoxy) is 1. The number of amides is 2. The van der Waals surface area contributed by atoms with Gasteiger partial charge in [0.05, 0.1) is 5.69 Å². The number of hydrogen-bond donors (Lipinski definition) is 1. The van der Waals surface area contributed by atoms with Crippen LogP contribution in [0.1, 0.15) is 50.5 Å². The Balaban J connectivity index is 1.35. The molecule has 3 aromatic rings. The van der Waals surface area contributed by atoms with Gasteiger partial charge in [-0.15, -0.1) is 10.2 Å². The van der Waals surface area contributed by atoms with Gasteiger partial charge >= 0.3 is 6.09 Å². The van der Waals surface area contributed by atoms with Crippen molar-refractivity contribution in [1.82, 2.24) is 20.0 Å². The van der Waals surface area contributed by atoms with Crippen molar-refractivity contribution >= 4 is 17.8 Å². The molecule has 1 aromatic heterocycles. The summed E-state index contributed by atoms with van der Waals surface area (Å²) in [6.45, 7) is 12.0.